The van der Waals surface area contributed by atoms with Gasteiger partial charge in [-0.05, 0) is 48.9 Å². The van der Waals surface area contributed by atoms with Crippen LogP contribution >= 0.6 is 11.3 Å². The van der Waals surface area contributed by atoms with Gasteiger partial charge in [-0.25, -0.2) is 4.98 Å². The van der Waals surface area contributed by atoms with Gasteiger partial charge in [0, 0.05) is 70.9 Å². The second kappa shape index (κ2) is 9.07. The lowest BCUT2D eigenvalue weighted by molar-refractivity contribution is 0.0342. The second-order valence-corrected chi connectivity index (χ2v) is 10.3. The first-order valence-corrected chi connectivity index (χ1v) is 12.8. The zero-order valence-corrected chi connectivity index (χ0v) is 20.3. The van der Waals surface area contributed by atoms with Crippen molar-refractivity contribution in [3.05, 3.63) is 59.2 Å². The number of anilines is 1. The van der Waals surface area contributed by atoms with E-state index >= 15 is 0 Å². The lowest BCUT2D eigenvalue weighted by Crippen LogP contribution is -2.35. The van der Waals surface area contributed by atoms with Crippen molar-refractivity contribution in [1.82, 2.24) is 20.2 Å². The predicted molar refractivity (Wildman–Crippen MR) is 141 cm³/mol. The largest absolute Gasteiger partial charge is 0.382 e. The van der Waals surface area contributed by atoms with Crippen LogP contribution in [0.4, 0.5) is 5.69 Å². The van der Waals surface area contributed by atoms with Gasteiger partial charge in [-0.15, -0.1) is 11.3 Å². The van der Waals surface area contributed by atoms with Crippen LogP contribution in [0.2, 0.25) is 0 Å². The van der Waals surface area contributed by atoms with Crippen LogP contribution in [0.15, 0.2) is 43.1 Å². The van der Waals surface area contributed by atoms with E-state index in [0.717, 1.165) is 68.4 Å². The molecular formula is C27H29N5OS. The number of nitrogens with zero attached hydrogens (tertiary/aromatic N) is 3. The number of hydrogen-bond donors (Lipinski definition) is 2. The zero-order valence-electron chi connectivity index (χ0n) is 19.4. The molecule has 1 saturated heterocycles. The second-order valence-electron chi connectivity index (χ2n) is 9.12. The van der Waals surface area contributed by atoms with Gasteiger partial charge in [-0.1, -0.05) is 6.58 Å². The molecule has 2 aliphatic heterocycles. The Kier molecular flexibility index (Phi) is 5.79. The monoisotopic (exact) mass is 471 g/mol. The Morgan fingerprint density at radius 1 is 1.24 bits per heavy atom. The summed E-state index contributed by atoms with van der Waals surface area (Å²) in [5.41, 5.74) is 6.44. The van der Waals surface area contributed by atoms with E-state index in [1.54, 1.807) is 6.08 Å². The van der Waals surface area contributed by atoms with Crippen molar-refractivity contribution in [2.45, 2.75) is 26.1 Å². The number of ether oxygens (including phenoxy) is 1. The third kappa shape index (κ3) is 3.99. The van der Waals surface area contributed by atoms with Crippen molar-refractivity contribution >= 4 is 44.1 Å². The Morgan fingerprint density at radius 2 is 2.12 bits per heavy atom. The summed E-state index contributed by atoms with van der Waals surface area (Å²) in [6.07, 6.45) is 3.78. The van der Waals surface area contributed by atoms with Gasteiger partial charge < -0.3 is 15.4 Å². The van der Waals surface area contributed by atoms with Gasteiger partial charge in [-0.2, -0.15) is 0 Å². The number of aromatic nitrogens is 2. The minimum absolute atomic E-state index is 0.449. The molecule has 1 atom stereocenters. The van der Waals surface area contributed by atoms with E-state index in [2.05, 4.69) is 64.4 Å². The fourth-order valence-corrected chi connectivity index (χ4v) is 6.03. The molecule has 0 saturated carbocycles. The maximum Gasteiger partial charge on any atom is 0.0717 e. The lowest BCUT2D eigenvalue weighted by Gasteiger charge is -2.27. The van der Waals surface area contributed by atoms with Crippen LogP contribution < -0.4 is 10.6 Å². The molecule has 2 aliphatic rings. The molecule has 0 unspecified atom stereocenters. The molecule has 1 aromatic carbocycles. The molecular weight excluding hydrogens is 442 g/mol. The van der Waals surface area contributed by atoms with Crippen LogP contribution in [0.1, 0.15) is 23.1 Å². The number of fused-ring (bicyclic) bond motifs is 5. The molecule has 7 heteroatoms. The third-order valence-corrected chi connectivity index (χ3v) is 7.94. The number of morpholine rings is 1. The fourth-order valence-electron chi connectivity index (χ4n) is 4.88. The number of nitrogens with one attached hydrogen (secondary N) is 2. The van der Waals surface area contributed by atoms with E-state index in [4.69, 9.17) is 9.72 Å². The fraction of sp³-hybridized carbons (Fsp3) is 0.333. The summed E-state index contributed by atoms with van der Waals surface area (Å²) in [4.78, 5) is 13.5. The van der Waals surface area contributed by atoms with Gasteiger partial charge in [0.2, 0.25) is 0 Å². The molecule has 5 heterocycles. The smallest absolute Gasteiger partial charge is 0.0717 e. The lowest BCUT2D eigenvalue weighted by atomic mass is 10.0. The van der Waals surface area contributed by atoms with E-state index in [9.17, 15) is 0 Å². The van der Waals surface area contributed by atoms with E-state index in [1.807, 2.05) is 17.5 Å². The third-order valence-electron chi connectivity index (χ3n) is 6.78. The highest BCUT2D eigenvalue weighted by Gasteiger charge is 2.20. The highest BCUT2D eigenvalue weighted by Crippen LogP contribution is 2.41. The van der Waals surface area contributed by atoms with Gasteiger partial charge >= 0.3 is 0 Å². The number of hydrogen-bond acceptors (Lipinski definition) is 7. The molecule has 3 aromatic heterocycles. The first kappa shape index (κ1) is 21.7. The number of pyridine rings is 2. The van der Waals surface area contributed by atoms with Crippen molar-refractivity contribution < 1.29 is 4.74 Å². The maximum atomic E-state index is 5.53. The molecule has 0 radical (unpaired) electrons. The van der Waals surface area contributed by atoms with Crippen molar-refractivity contribution in [2.75, 3.05) is 38.2 Å². The number of thiophene rings is 1. The van der Waals surface area contributed by atoms with Crippen molar-refractivity contribution in [3.63, 3.8) is 0 Å². The molecule has 34 heavy (non-hydrogen) atoms. The van der Waals surface area contributed by atoms with E-state index in [1.165, 1.54) is 31.6 Å². The van der Waals surface area contributed by atoms with Crippen LogP contribution in [0, 0.1) is 0 Å². The summed E-state index contributed by atoms with van der Waals surface area (Å²) in [6, 6.07) is 11.3. The van der Waals surface area contributed by atoms with Crippen molar-refractivity contribution in [3.8, 4) is 11.3 Å². The summed E-state index contributed by atoms with van der Waals surface area (Å²) in [6.45, 7) is 12.3. The highest BCUT2D eigenvalue weighted by atomic mass is 32.1. The summed E-state index contributed by atoms with van der Waals surface area (Å²) in [5, 5.41) is 9.78. The minimum atomic E-state index is 0.449. The first-order chi connectivity index (χ1) is 16.7. The van der Waals surface area contributed by atoms with Crippen LogP contribution in [-0.4, -0.2) is 53.8 Å². The van der Waals surface area contributed by atoms with Gasteiger partial charge in [-0.3, -0.25) is 9.88 Å². The SMILES string of the molecule is C=Cc1cc(-c2ccc3c(ccc4sc5c(c43)NC[C@@H](C)NC5)n2)c(CN2CCOCC2)cn1. The van der Waals surface area contributed by atoms with Crippen LogP contribution in [0.25, 0.3) is 38.3 Å². The summed E-state index contributed by atoms with van der Waals surface area (Å²) in [7, 11) is 0. The van der Waals surface area contributed by atoms with Crippen LogP contribution in [0.5, 0.6) is 0 Å². The predicted octanol–water partition coefficient (Wildman–Crippen LogP) is 4.89. The molecule has 6 rings (SSSR count). The molecule has 0 spiro atoms. The molecule has 174 valence electrons. The Hall–Kier alpha value is -2.84. The van der Waals surface area contributed by atoms with Gasteiger partial charge in [0.05, 0.1) is 35.8 Å². The molecule has 0 bridgehead atoms. The molecule has 0 aliphatic carbocycles. The topological polar surface area (TPSA) is 62.3 Å². The first-order valence-electron chi connectivity index (χ1n) is 11.9. The Bertz CT molecular complexity index is 1370. The molecule has 0 amide bonds. The van der Waals surface area contributed by atoms with Gasteiger partial charge in [0.1, 0.15) is 0 Å². The Balaban J connectivity index is 1.44. The molecule has 6 nitrogen and oxygen atoms in total. The van der Waals surface area contributed by atoms with E-state index < -0.39 is 0 Å². The zero-order chi connectivity index (χ0) is 23.1. The Labute approximate surface area is 203 Å². The van der Waals surface area contributed by atoms with Crippen LogP contribution in [0.3, 0.4) is 0 Å². The standard InChI is InChI=1S/C27H29N5OS/c1-3-19-12-21(18(14-29-19)16-32-8-10-33-11-9-32)23-5-4-20-22(31-23)6-7-24-26(20)27-25(34-24)15-28-17(2)13-30-27/h3-7,12,14,17,28,30H,1,8-11,13,15-16H2,2H3/t17-/m1/s1. The molecule has 4 aromatic rings. The van der Waals surface area contributed by atoms with Gasteiger partial charge in [0.25, 0.3) is 0 Å². The summed E-state index contributed by atoms with van der Waals surface area (Å²) >= 11 is 1.87. The van der Waals surface area contributed by atoms with Crippen molar-refractivity contribution in [1.29, 1.82) is 0 Å². The number of benzene rings is 1. The average molecular weight is 472 g/mol. The molecule has 2 N–H and O–H groups in total. The van der Waals surface area contributed by atoms with E-state index in [0.29, 0.717) is 6.04 Å². The van der Waals surface area contributed by atoms with E-state index in [-0.39, 0.29) is 0 Å². The molecule has 1 fully saturated rings. The normalized spacial score (nSPS) is 19.0. The quantitative estimate of drug-likeness (QED) is 0.442. The van der Waals surface area contributed by atoms with Crippen LogP contribution in [-0.2, 0) is 17.8 Å². The van der Waals surface area contributed by atoms with Crippen molar-refractivity contribution in [2.24, 2.45) is 0 Å². The highest BCUT2D eigenvalue weighted by molar-refractivity contribution is 7.20. The Morgan fingerprint density at radius 3 is 2.97 bits per heavy atom. The summed E-state index contributed by atoms with van der Waals surface area (Å²) < 4.78 is 6.83. The average Bonchev–Trinajstić information content (AvgIpc) is 3.14. The summed E-state index contributed by atoms with van der Waals surface area (Å²) in [5.74, 6) is 0. The maximum absolute atomic E-state index is 5.53. The van der Waals surface area contributed by atoms with Gasteiger partial charge in [0.15, 0.2) is 0 Å². The minimum Gasteiger partial charge on any atom is -0.382 e. The number of rotatable bonds is 4.